The van der Waals surface area contributed by atoms with Crippen LogP contribution in [0.2, 0.25) is 0 Å². The van der Waals surface area contributed by atoms with Gasteiger partial charge >= 0.3 is 12.0 Å². The van der Waals surface area contributed by atoms with Crippen LogP contribution in [0.3, 0.4) is 0 Å². The second-order valence-corrected chi connectivity index (χ2v) is 7.34. The lowest BCUT2D eigenvalue weighted by atomic mass is 10.2. The summed E-state index contributed by atoms with van der Waals surface area (Å²) in [5, 5.41) is 5.23. The molecule has 24 heavy (non-hydrogen) atoms. The number of carbonyl (C=O) groups is 2. The summed E-state index contributed by atoms with van der Waals surface area (Å²) in [5.41, 5.74) is 0.570. The minimum atomic E-state index is -3.58. The number of anilines is 1. The van der Waals surface area contributed by atoms with Crippen LogP contribution in [0.1, 0.15) is 24.2 Å². The Balaban J connectivity index is 2.88. The second kappa shape index (κ2) is 8.53. The Morgan fingerprint density at radius 1 is 1.29 bits per heavy atom. The van der Waals surface area contributed by atoms with Crippen molar-refractivity contribution in [2.45, 2.75) is 19.9 Å². The van der Waals surface area contributed by atoms with E-state index in [1.54, 1.807) is 12.1 Å². The lowest BCUT2D eigenvalue weighted by Gasteiger charge is -2.23. The van der Waals surface area contributed by atoms with Crippen molar-refractivity contribution >= 4 is 27.7 Å². The summed E-state index contributed by atoms with van der Waals surface area (Å²) in [7, 11) is -2.33. The standard InChI is InChI=1S/C15H23N3O5S/c1-11(2)17-15(20)16-8-9-18(24(4,21)22)13-7-5-6-12(10-13)14(19)23-3/h5-7,10-11H,8-9H2,1-4H3,(H2,16,17,20). The summed E-state index contributed by atoms with van der Waals surface area (Å²) in [6, 6.07) is 5.71. The quantitative estimate of drug-likeness (QED) is 0.707. The molecule has 8 nitrogen and oxygen atoms in total. The molecule has 0 aromatic heterocycles. The topological polar surface area (TPSA) is 105 Å². The molecule has 134 valence electrons. The van der Waals surface area contributed by atoms with E-state index in [1.165, 1.54) is 19.2 Å². The molecule has 2 amide bonds. The summed E-state index contributed by atoms with van der Waals surface area (Å²) >= 11 is 0. The van der Waals surface area contributed by atoms with Crippen LogP contribution in [-0.4, -0.2) is 52.9 Å². The third-order valence-electron chi connectivity index (χ3n) is 2.98. The molecule has 0 saturated carbocycles. The first-order valence-corrected chi connectivity index (χ1v) is 9.20. The summed E-state index contributed by atoms with van der Waals surface area (Å²) in [6.45, 7) is 3.80. The van der Waals surface area contributed by atoms with Crippen molar-refractivity contribution in [2.75, 3.05) is 30.8 Å². The van der Waals surface area contributed by atoms with Gasteiger partial charge in [-0.1, -0.05) is 6.07 Å². The van der Waals surface area contributed by atoms with E-state index in [4.69, 9.17) is 0 Å². The van der Waals surface area contributed by atoms with Crippen molar-refractivity contribution in [3.05, 3.63) is 29.8 Å². The van der Waals surface area contributed by atoms with Crippen molar-refractivity contribution in [1.29, 1.82) is 0 Å². The highest BCUT2D eigenvalue weighted by Gasteiger charge is 2.19. The highest BCUT2D eigenvalue weighted by Crippen LogP contribution is 2.19. The van der Waals surface area contributed by atoms with Gasteiger partial charge < -0.3 is 15.4 Å². The van der Waals surface area contributed by atoms with Crippen molar-refractivity contribution < 1.29 is 22.7 Å². The zero-order valence-electron chi connectivity index (χ0n) is 14.2. The number of amides is 2. The molecule has 1 rings (SSSR count). The normalized spacial score (nSPS) is 11.0. The number of nitrogens with one attached hydrogen (secondary N) is 2. The summed E-state index contributed by atoms with van der Waals surface area (Å²) < 4.78 is 29.8. The van der Waals surface area contributed by atoms with Gasteiger partial charge in [-0.05, 0) is 32.0 Å². The lowest BCUT2D eigenvalue weighted by Crippen LogP contribution is -2.43. The molecule has 0 bridgehead atoms. The molecule has 0 aliphatic rings. The lowest BCUT2D eigenvalue weighted by molar-refractivity contribution is 0.0600. The smallest absolute Gasteiger partial charge is 0.337 e. The van der Waals surface area contributed by atoms with E-state index in [0.29, 0.717) is 5.69 Å². The Morgan fingerprint density at radius 2 is 1.96 bits per heavy atom. The first kappa shape index (κ1) is 19.8. The van der Waals surface area contributed by atoms with E-state index >= 15 is 0 Å². The SMILES string of the molecule is COC(=O)c1cccc(N(CCNC(=O)NC(C)C)S(C)(=O)=O)c1. The molecule has 1 aromatic rings. The van der Waals surface area contributed by atoms with Crippen LogP contribution in [0, 0.1) is 0 Å². The van der Waals surface area contributed by atoms with E-state index in [2.05, 4.69) is 15.4 Å². The van der Waals surface area contributed by atoms with Crippen LogP contribution in [0.15, 0.2) is 24.3 Å². The number of esters is 1. The minimum absolute atomic E-state index is 0.0206. The number of hydrogen-bond donors (Lipinski definition) is 2. The Morgan fingerprint density at radius 3 is 2.50 bits per heavy atom. The van der Waals surface area contributed by atoms with E-state index in [0.717, 1.165) is 10.6 Å². The number of methoxy groups -OCH3 is 1. The van der Waals surface area contributed by atoms with Crippen LogP contribution >= 0.6 is 0 Å². The monoisotopic (exact) mass is 357 g/mol. The van der Waals surface area contributed by atoms with Gasteiger partial charge in [-0.2, -0.15) is 0 Å². The predicted molar refractivity (Wildman–Crippen MR) is 91.6 cm³/mol. The van der Waals surface area contributed by atoms with Crippen LogP contribution in [0.25, 0.3) is 0 Å². The predicted octanol–water partition coefficient (Wildman–Crippen LogP) is 0.947. The number of carbonyl (C=O) groups excluding carboxylic acids is 2. The molecule has 0 aliphatic carbocycles. The Labute approximate surface area is 142 Å². The molecule has 0 radical (unpaired) electrons. The van der Waals surface area contributed by atoms with Crippen molar-refractivity contribution in [3.8, 4) is 0 Å². The molecule has 0 atom stereocenters. The number of urea groups is 1. The number of hydrogen-bond acceptors (Lipinski definition) is 5. The van der Waals surface area contributed by atoms with E-state index in [1.807, 2.05) is 13.8 Å². The molecule has 0 spiro atoms. The van der Waals surface area contributed by atoms with Crippen LogP contribution < -0.4 is 14.9 Å². The molecule has 0 fully saturated rings. The van der Waals surface area contributed by atoms with Crippen molar-refractivity contribution in [3.63, 3.8) is 0 Å². The fourth-order valence-electron chi connectivity index (χ4n) is 1.98. The highest BCUT2D eigenvalue weighted by molar-refractivity contribution is 7.92. The molecule has 0 unspecified atom stereocenters. The average molecular weight is 357 g/mol. The molecule has 0 aliphatic heterocycles. The highest BCUT2D eigenvalue weighted by atomic mass is 32.2. The first-order chi connectivity index (χ1) is 11.1. The number of ether oxygens (including phenoxy) is 1. The zero-order valence-corrected chi connectivity index (χ0v) is 15.0. The number of sulfonamides is 1. The van der Waals surface area contributed by atoms with E-state index in [9.17, 15) is 18.0 Å². The number of rotatable bonds is 7. The van der Waals surface area contributed by atoms with Gasteiger partial charge in [0.15, 0.2) is 0 Å². The Kier molecular flexibility index (Phi) is 7.02. The second-order valence-electron chi connectivity index (χ2n) is 5.43. The largest absolute Gasteiger partial charge is 0.465 e. The van der Waals surface area contributed by atoms with Crippen molar-refractivity contribution in [2.24, 2.45) is 0 Å². The number of benzene rings is 1. The summed E-state index contributed by atoms with van der Waals surface area (Å²) in [5.74, 6) is -0.556. The maximum Gasteiger partial charge on any atom is 0.337 e. The molecule has 9 heteroatoms. The van der Waals surface area contributed by atoms with Gasteiger partial charge in [-0.25, -0.2) is 18.0 Å². The maximum absolute atomic E-state index is 12.0. The maximum atomic E-state index is 12.0. The van der Waals surface area contributed by atoms with Gasteiger partial charge in [-0.15, -0.1) is 0 Å². The van der Waals surface area contributed by atoms with Gasteiger partial charge in [-0.3, -0.25) is 4.31 Å². The molecule has 1 aromatic carbocycles. The Bertz CT molecular complexity index is 688. The number of nitrogens with zero attached hydrogens (tertiary/aromatic N) is 1. The fraction of sp³-hybridized carbons (Fsp3) is 0.467. The molecular formula is C15H23N3O5S. The average Bonchev–Trinajstić information content (AvgIpc) is 2.49. The fourth-order valence-corrected chi connectivity index (χ4v) is 2.90. The van der Waals surface area contributed by atoms with Crippen LogP contribution in [-0.2, 0) is 14.8 Å². The third kappa shape index (κ3) is 6.07. The molecule has 0 saturated heterocycles. The van der Waals surface area contributed by atoms with Crippen LogP contribution in [0.5, 0.6) is 0 Å². The molecule has 2 N–H and O–H groups in total. The summed E-state index contributed by atoms with van der Waals surface area (Å²) in [4.78, 5) is 23.1. The molecule has 0 heterocycles. The van der Waals surface area contributed by atoms with Gasteiger partial charge in [0, 0.05) is 12.6 Å². The zero-order chi connectivity index (χ0) is 18.3. The van der Waals surface area contributed by atoms with Gasteiger partial charge in [0.1, 0.15) is 0 Å². The van der Waals surface area contributed by atoms with Gasteiger partial charge in [0.05, 0.1) is 31.2 Å². The minimum Gasteiger partial charge on any atom is -0.465 e. The van der Waals surface area contributed by atoms with Crippen molar-refractivity contribution in [1.82, 2.24) is 10.6 Å². The van der Waals surface area contributed by atoms with E-state index in [-0.39, 0.29) is 30.7 Å². The van der Waals surface area contributed by atoms with Crippen LogP contribution in [0.4, 0.5) is 10.5 Å². The Hall–Kier alpha value is -2.29. The van der Waals surface area contributed by atoms with Gasteiger partial charge in [0.25, 0.3) is 0 Å². The summed E-state index contributed by atoms with van der Waals surface area (Å²) in [6.07, 6.45) is 1.06. The van der Waals surface area contributed by atoms with E-state index < -0.39 is 16.0 Å². The van der Waals surface area contributed by atoms with Gasteiger partial charge in [0.2, 0.25) is 10.0 Å². The third-order valence-corrected chi connectivity index (χ3v) is 4.17. The first-order valence-electron chi connectivity index (χ1n) is 7.35. The molecular weight excluding hydrogens is 334 g/mol.